The van der Waals surface area contributed by atoms with Crippen LogP contribution >= 0.6 is 21.7 Å². The van der Waals surface area contributed by atoms with Gasteiger partial charge in [-0.25, -0.2) is 4.98 Å². The number of aromatic nitrogens is 1. The maximum absolute atomic E-state index is 12.1. The van der Waals surface area contributed by atoms with Crippen LogP contribution in [-0.2, 0) is 9.59 Å². The van der Waals surface area contributed by atoms with Crippen molar-refractivity contribution in [3.05, 3.63) is 27.9 Å². The van der Waals surface area contributed by atoms with Crippen LogP contribution in [0.15, 0.2) is 17.3 Å². The predicted molar refractivity (Wildman–Crippen MR) is 119 cm³/mol. The average molecular weight is 474 g/mol. The second kappa shape index (κ2) is 15.4. The van der Waals surface area contributed by atoms with Crippen LogP contribution in [0.2, 0.25) is 0 Å². The van der Waals surface area contributed by atoms with Crippen LogP contribution in [0, 0.1) is 10.1 Å². The largest absolute Gasteiger partial charge is 0.359 e. The van der Waals surface area contributed by atoms with Crippen LogP contribution in [0.1, 0.15) is 61.7 Å². The Kier molecular flexibility index (Phi) is 13.2. The number of amides is 3. The second-order valence-electron chi connectivity index (χ2n) is 6.78. The van der Waals surface area contributed by atoms with Crippen molar-refractivity contribution < 1.29 is 19.3 Å². The lowest BCUT2D eigenvalue weighted by Crippen LogP contribution is -2.25. The van der Waals surface area contributed by atoms with E-state index in [9.17, 15) is 24.5 Å². The highest BCUT2D eigenvalue weighted by Gasteiger charge is 2.19. The number of carbonyl (C=O) groups is 3. The predicted octanol–water partition coefficient (Wildman–Crippen LogP) is 2.95. The minimum Gasteiger partial charge on any atom is -0.359 e. The molecule has 1 rings (SSSR count). The van der Waals surface area contributed by atoms with E-state index in [0.29, 0.717) is 49.7 Å². The maximum Gasteiger partial charge on any atom is 0.303 e. The maximum atomic E-state index is 12.1. The zero-order valence-electron chi connectivity index (χ0n) is 17.4. The third kappa shape index (κ3) is 11.0. The molecule has 3 N–H and O–H groups in total. The molecule has 0 radical (unpaired) electrons. The Morgan fingerprint density at radius 1 is 1.03 bits per heavy atom. The van der Waals surface area contributed by atoms with Crippen molar-refractivity contribution in [3.8, 4) is 0 Å². The Balaban J connectivity index is 2.13. The SMILES string of the molecule is CNC(=O)CCCCCNC(=O)CCCCCNC(=O)c1cnc(SCl)c([N+](=O)[O-])c1. The van der Waals surface area contributed by atoms with Gasteiger partial charge in [0.1, 0.15) is 0 Å². The third-order valence-electron chi connectivity index (χ3n) is 4.41. The first-order valence-corrected chi connectivity index (χ1v) is 11.7. The fourth-order valence-electron chi connectivity index (χ4n) is 2.67. The minimum absolute atomic E-state index is 0.00836. The highest BCUT2D eigenvalue weighted by molar-refractivity contribution is 8.21. The number of hydrogen-bond donors (Lipinski definition) is 3. The van der Waals surface area contributed by atoms with Crippen LogP contribution in [0.4, 0.5) is 5.69 Å². The van der Waals surface area contributed by atoms with E-state index in [1.54, 1.807) is 7.05 Å². The molecule has 3 amide bonds. The van der Waals surface area contributed by atoms with Gasteiger partial charge in [0.2, 0.25) is 11.8 Å². The summed E-state index contributed by atoms with van der Waals surface area (Å²) in [5.74, 6) is -0.427. The summed E-state index contributed by atoms with van der Waals surface area (Å²) < 4.78 is 0. The van der Waals surface area contributed by atoms with Gasteiger partial charge in [-0.15, -0.1) is 0 Å². The van der Waals surface area contributed by atoms with Crippen LogP contribution < -0.4 is 16.0 Å². The number of nitrogens with zero attached hydrogens (tertiary/aromatic N) is 2. The van der Waals surface area contributed by atoms with Crippen LogP contribution in [0.3, 0.4) is 0 Å². The zero-order valence-corrected chi connectivity index (χ0v) is 19.0. The van der Waals surface area contributed by atoms with Crippen LogP contribution in [-0.4, -0.2) is 47.8 Å². The van der Waals surface area contributed by atoms with Crippen molar-refractivity contribution in [2.75, 3.05) is 20.1 Å². The van der Waals surface area contributed by atoms with Crippen LogP contribution in [0.25, 0.3) is 0 Å². The molecule has 172 valence electrons. The Morgan fingerprint density at radius 3 is 2.23 bits per heavy atom. The lowest BCUT2D eigenvalue weighted by molar-refractivity contribution is -0.388. The van der Waals surface area contributed by atoms with Gasteiger partial charge >= 0.3 is 5.69 Å². The zero-order chi connectivity index (χ0) is 23.1. The molecule has 1 aromatic rings. The van der Waals surface area contributed by atoms with Gasteiger partial charge in [-0.1, -0.05) is 12.8 Å². The molecule has 0 spiro atoms. The molecular formula is C19H28ClN5O5S. The van der Waals surface area contributed by atoms with E-state index < -0.39 is 10.8 Å². The molecule has 0 fully saturated rings. The highest BCUT2D eigenvalue weighted by atomic mass is 35.7. The summed E-state index contributed by atoms with van der Waals surface area (Å²) in [5.41, 5.74) is -0.221. The Hall–Kier alpha value is -2.40. The molecular weight excluding hydrogens is 446 g/mol. The summed E-state index contributed by atoms with van der Waals surface area (Å²) in [6.07, 6.45) is 6.85. The lowest BCUT2D eigenvalue weighted by atomic mass is 10.1. The second-order valence-corrected chi connectivity index (χ2v) is 7.79. The van der Waals surface area contributed by atoms with E-state index in [-0.39, 0.29) is 28.1 Å². The quantitative estimate of drug-likeness (QED) is 0.202. The molecule has 31 heavy (non-hydrogen) atoms. The molecule has 0 saturated carbocycles. The third-order valence-corrected chi connectivity index (χ3v) is 5.31. The van der Waals surface area contributed by atoms with Crippen LogP contribution in [0.5, 0.6) is 0 Å². The molecule has 0 aliphatic heterocycles. The lowest BCUT2D eigenvalue weighted by Gasteiger charge is -2.07. The van der Waals surface area contributed by atoms with Crippen molar-refractivity contribution in [2.45, 2.75) is 56.4 Å². The fraction of sp³-hybridized carbons (Fsp3) is 0.579. The summed E-state index contributed by atoms with van der Waals surface area (Å²) >= 11 is 0. The van der Waals surface area contributed by atoms with Gasteiger partial charge in [-0.3, -0.25) is 24.5 Å². The van der Waals surface area contributed by atoms with Crippen molar-refractivity contribution in [1.82, 2.24) is 20.9 Å². The number of rotatable bonds is 15. The average Bonchev–Trinajstić information content (AvgIpc) is 2.77. The number of nitro groups is 1. The van der Waals surface area contributed by atoms with Gasteiger partial charge in [-0.2, -0.15) is 0 Å². The number of pyridine rings is 1. The van der Waals surface area contributed by atoms with Gasteiger partial charge in [-0.05, 0) is 36.4 Å². The number of hydrogen-bond acceptors (Lipinski definition) is 7. The van der Waals surface area contributed by atoms with Gasteiger partial charge in [0.05, 0.1) is 10.5 Å². The van der Waals surface area contributed by atoms with E-state index in [1.165, 1.54) is 6.20 Å². The minimum atomic E-state index is -0.635. The smallest absolute Gasteiger partial charge is 0.303 e. The molecule has 1 aromatic heterocycles. The summed E-state index contributed by atoms with van der Waals surface area (Å²) in [6.45, 7) is 0.995. The normalized spacial score (nSPS) is 10.4. The number of nitrogens with one attached hydrogen (secondary N) is 3. The summed E-state index contributed by atoms with van der Waals surface area (Å²) in [5, 5.41) is 19.2. The van der Waals surface area contributed by atoms with Crippen molar-refractivity contribution in [1.29, 1.82) is 0 Å². The first-order chi connectivity index (χ1) is 14.9. The summed E-state index contributed by atoms with van der Waals surface area (Å²) in [7, 11) is 7.77. The first kappa shape index (κ1) is 26.6. The molecule has 12 heteroatoms. The molecule has 0 aliphatic carbocycles. The number of carbonyl (C=O) groups excluding carboxylic acids is 3. The van der Waals surface area contributed by atoms with Gasteiger partial charge < -0.3 is 16.0 Å². The molecule has 0 saturated heterocycles. The van der Waals surface area contributed by atoms with E-state index in [2.05, 4.69) is 20.9 Å². The molecule has 10 nitrogen and oxygen atoms in total. The van der Waals surface area contributed by atoms with E-state index in [1.807, 2.05) is 0 Å². The number of unbranched alkanes of at least 4 members (excludes halogenated alkanes) is 4. The topological polar surface area (TPSA) is 143 Å². The molecule has 0 aromatic carbocycles. The standard InChI is InChI=1S/C19H28ClN5O5S/c1-21-16(26)8-4-2-6-10-22-17(27)9-5-3-7-11-23-18(28)14-12-15(25(29)30)19(31-20)24-13-14/h12-13H,2-11H2,1H3,(H,21,26)(H,22,27)(H,23,28). The Morgan fingerprint density at radius 2 is 1.65 bits per heavy atom. The van der Waals surface area contributed by atoms with Crippen molar-refractivity contribution in [3.63, 3.8) is 0 Å². The van der Waals surface area contributed by atoms with E-state index in [0.717, 1.165) is 31.7 Å². The molecule has 0 aliphatic rings. The monoisotopic (exact) mass is 473 g/mol. The molecule has 0 atom stereocenters. The molecule has 0 unspecified atom stereocenters. The fourth-order valence-corrected chi connectivity index (χ4v) is 3.34. The first-order valence-electron chi connectivity index (χ1n) is 10.1. The number of halogens is 1. The van der Waals surface area contributed by atoms with E-state index in [4.69, 9.17) is 10.7 Å². The highest BCUT2D eigenvalue weighted by Crippen LogP contribution is 2.29. The van der Waals surface area contributed by atoms with Crippen molar-refractivity contribution in [2.24, 2.45) is 0 Å². The summed E-state index contributed by atoms with van der Waals surface area (Å²) in [6, 6.07) is 1.15. The van der Waals surface area contributed by atoms with Gasteiger partial charge in [0, 0.05) is 56.2 Å². The Labute approximate surface area is 189 Å². The van der Waals surface area contributed by atoms with Crippen molar-refractivity contribution >= 4 is 45.1 Å². The van der Waals surface area contributed by atoms with Gasteiger partial charge in [0.15, 0.2) is 5.03 Å². The van der Waals surface area contributed by atoms with E-state index >= 15 is 0 Å². The van der Waals surface area contributed by atoms with Gasteiger partial charge in [0.25, 0.3) is 5.91 Å². The summed E-state index contributed by atoms with van der Waals surface area (Å²) in [4.78, 5) is 49.2. The molecule has 1 heterocycles. The molecule has 0 bridgehead atoms. The Bertz CT molecular complexity index is 765.